The monoisotopic (exact) mass is 574 g/mol. The maximum Gasteiger partial charge on any atom is 0.277 e. The zero-order valence-electron chi connectivity index (χ0n) is 22.5. The van der Waals surface area contributed by atoms with E-state index in [0.717, 1.165) is 18.5 Å². The lowest BCUT2D eigenvalue weighted by Crippen LogP contribution is -2.34. The molecule has 0 unspecified atom stereocenters. The predicted octanol–water partition coefficient (Wildman–Crippen LogP) is 6.08. The van der Waals surface area contributed by atoms with Gasteiger partial charge in [0.15, 0.2) is 0 Å². The first-order valence-corrected chi connectivity index (χ1v) is 14.3. The quantitative estimate of drug-likeness (QED) is 0.320. The largest absolute Gasteiger partial charge is 0.380 e. The summed E-state index contributed by atoms with van der Waals surface area (Å²) in [5, 5.41) is 2.68. The number of amides is 2. The number of pyridine rings is 1. The molecule has 1 fully saturated rings. The molecule has 0 bridgehead atoms. The summed E-state index contributed by atoms with van der Waals surface area (Å²) in [6.07, 6.45) is 1.27. The minimum atomic E-state index is -0.536. The minimum absolute atomic E-state index is 0.131. The van der Waals surface area contributed by atoms with Gasteiger partial charge in [-0.1, -0.05) is 30.3 Å². The predicted molar refractivity (Wildman–Crippen MR) is 156 cm³/mol. The lowest BCUT2D eigenvalue weighted by molar-refractivity contribution is 0.0980. The van der Waals surface area contributed by atoms with Crippen molar-refractivity contribution >= 4 is 40.3 Å². The van der Waals surface area contributed by atoms with Crippen molar-refractivity contribution in [3.8, 4) is 10.4 Å². The van der Waals surface area contributed by atoms with E-state index in [2.05, 4.69) is 15.2 Å². The number of carbonyl (C=O) groups is 2. The lowest BCUT2D eigenvalue weighted by Gasteiger charge is -2.25. The highest BCUT2D eigenvalue weighted by Gasteiger charge is 2.31. The number of thiophene rings is 1. The van der Waals surface area contributed by atoms with Crippen LogP contribution in [-0.4, -0.2) is 49.6 Å². The third-order valence-corrected chi connectivity index (χ3v) is 8.55. The number of carbonyl (C=O) groups excluding carboxylic acids is 2. The van der Waals surface area contributed by atoms with Crippen LogP contribution in [0.2, 0.25) is 0 Å². The van der Waals surface area contributed by atoms with Gasteiger partial charge in [-0.3, -0.25) is 9.59 Å². The molecular weight excluding hydrogens is 546 g/mol. The number of hydrogen-bond donors (Lipinski definition) is 1. The van der Waals surface area contributed by atoms with Crippen LogP contribution in [0.4, 0.5) is 26.0 Å². The second-order valence-corrected chi connectivity index (χ2v) is 11.1. The zero-order chi connectivity index (χ0) is 28.5. The summed E-state index contributed by atoms with van der Waals surface area (Å²) in [5.74, 6) is -1.20. The average molecular weight is 575 g/mol. The normalized spacial score (nSPS) is 15.0. The van der Waals surface area contributed by atoms with E-state index in [4.69, 9.17) is 4.74 Å². The molecule has 1 N–H and O–H groups in total. The highest BCUT2D eigenvalue weighted by Crippen LogP contribution is 2.43. The van der Waals surface area contributed by atoms with Gasteiger partial charge in [-0.15, -0.1) is 11.3 Å². The Morgan fingerprint density at radius 3 is 2.63 bits per heavy atom. The Bertz CT molecular complexity index is 1610. The molecule has 0 radical (unpaired) electrons. The van der Waals surface area contributed by atoms with Gasteiger partial charge >= 0.3 is 0 Å². The second-order valence-electron chi connectivity index (χ2n) is 10.0. The smallest absolute Gasteiger partial charge is 0.277 e. The molecule has 0 atom stereocenters. The number of para-hydroxylation sites is 2. The van der Waals surface area contributed by atoms with Crippen molar-refractivity contribution in [3.63, 3.8) is 0 Å². The first-order valence-electron chi connectivity index (χ1n) is 13.5. The van der Waals surface area contributed by atoms with Crippen LogP contribution in [0.5, 0.6) is 0 Å². The summed E-state index contributed by atoms with van der Waals surface area (Å²) in [4.78, 5) is 36.2. The summed E-state index contributed by atoms with van der Waals surface area (Å²) >= 11 is 1.20. The Balaban J connectivity index is 1.32. The number of rotatable bonds is 4. The molecule has 41 heavy (non-hydrogen) atoms. The molecule has 4 heterocycles. The fraction of sp³-hybridized carbons (Fsp3) is 0.258. The fourth-order valence-corrected chi connectivity index (χ4v) is 6.40. The zero-order valence-corrected chi connectivity index (χ0v) is 23.3. The van der Waals surface area contributed by atoms with Gasteiger partial charge in [0.2, 0.25) is 0 Å². The number of fused-ring (bicyclic) bond motifs is 3. The van der Waals surface area contributed by atoms with Gasteiger partial charge in [-0.25, -0.2) is 13.8 Å². The molecule has 10 heteroatoms. The molecule has 4 aromatic rings. The first-order chi connectivity index (χ1) is 19.9. The van der Waals surface area contributed by atoms with Gasteiger partial charge in [-0.05, 0) is 61.2 Å². The maximum atomic E-state index is 15.5. The number of anilines is 3. The van der Waals surface area contributed by atoms with Crippen LogP contribution in [0.15, 0.2) is 60.7 Å². The van der Waals surface area contributed by atoms with Crippen molar-refractivity contribution in [1.29, 1.82) is 0 Å². The molecule has 2 amide bonds. The number of aryl methyl sites for hydroxylation is 1. The molecule has 0 spiro atoms. The Hall–Kier alpha value is -4.15. The number of hydrogen-bond acceptors (Lipinski definition) is 6. The molecule has 0 saturated carbocycles. The van der Waals surface area contributed by atoms with E-state index < -0.39 is 23.4 Å². The number of benzene rings is 2. The molecule has 6 rings (SSSR count). The third kappa shape index (κ3) is 5.32. The number of halogens is 2. The van der Waals surface area contributed by atoms with Gasteiger partial charge in [0.05, 0.1) is 22.9 Å². The minimum Gasteiger partial charge on any atom is -0.380 e. The third-order valence-electron chi connectivity index (χ3n) is 7.34. The SMILES string of the molecule is Cc1cccc(F)c1NC(=O)c1cc2c(s1)-c1cccc(F)c1N(C(=O)c1cccc(N3CCCOCC3)n1)CC2. The van der Waals surface area contributed by atoms with Gasteiger partial charge in [-0.2, -0.15) is 0 Å². The van der Waals surface area contributed by atoms with Gasteiger partial charge in [0.1, 0.15) is 23.1 Å². The van der Waals surface area contributed by atoms with E-state index in [0.29, 0.717) is 52.9 Å². The molecule has 7 nitrogen and oxygen atoms in total. The first kappa shape index (κ1) is 27.0. The topological polar surface area (TPSA) is 74.8 Å². The van der Waals surface area contributed by atoms with E-state index in [9.17, 15) is 14.0 Å². The maximum absolute atomic E-state index is 15.5. The van der Waals surface area contributed by atoms with Crippen molar-refractivity contribution in [1.82, 2.24) is 4.98 Å². The standard InChI is InChI=1S/C31H28F2N4O3S/c1-19-6-2-8-22(32)27(19)35-30(38)25-18-20-12-14-37(28-21(29(20)41-25)7-3-9-23(28)33)31(39)24-10-4-11-26(34-24)36-13-5-16-40-17-15-36/h2-4,6-11,18H,5,12-17H2,1H3,(H,35,38). The van der Waals surface area contributed by atoms with Gasteiger partial charge < -0.3 is 19.9 Å². The van der Waals surface area contributed by atoms with Gasteiger partial charge in [0, 0.05) is 36.7 Å². The second kappa shape index (κ2) is 11.4. The van der Waals surface area contributed by atoms with Gasteiger partial charge in [0.25, 0.3) is 11.8 Å². The van der Waals surface area contributed by atoms with Crippen molar-refractivity contribution in [2.24, 2.45) is 0 Å². The molecule has 210 valence electrons. The Kier molecular flexibility index (Phi) is 7.51. The summed E-state index contributed by atoms with van der Waals surface area (Å²) in [6, 6.07) is 16.3. The number of aromatic nitrogens is 1. The number of nitrogens with one attached hydrogen (secondary N) is 1. The highest BCUT2D eigenvalue weighted by molar-refractivity contribution is 7.17. The van der Waals surface area contributed by atoms with E-state index >= 15 is 4.39 Å². The molecule has 0 aliphatic carbocycles. The van der Waals surface area contributed by atoms with Crippen molar-refractivity contribution < 1.29 is 23.1 Å². The Morgan fingerprint density at radius 2 is 1.78 bits per heavy atom. The van der Waals surface area contributed by atoms with E-state index in [1.165, 1.54) is 28.4 Å². The van der Waals surface area contributed by atoms with E-state index in [-0.39, 0.29) is 23.6 Å². The molecule has 2 aliphatic heterocycles. The van der Waals surface area contributed by atoms with Crippen LogP contribution < -0.4 is 15.1 Å². The Labute approximate surface area is 240 Å². The summed E-state index contributed by atoms with van der Waals surface area (Å²) < 4.78 is 35.4. The van der Waals surface area contributed by atoms with Crippen LogP contribution in [0.3, 0.4) is 0 Å². The lowest BCUT2D eigenvalue weighted by atomic mass is 10.1. The molecule has 2 aromatic heterocycles. The molecule has 1 saturated heterocycles. The number of nitrogens with zero attached hydrogens (tertiary/aromatic N) is 3. The molecule has 2 aliphatic rings. The van der Waals surface area contributed by atoms with Crippen LogP contribution in [0, 0.1) is 18.6 Å². The van der Waals surface area contributed by atoms with Crippen LogP contribution in [0.1, 0.15) is 37.7 Å². The van der Waals surface area contributed by atoms with Crippen LogP contribution >= 0.6 is 11.3 Å². The average Bonchev–Trinajstić information content (AvgIpc) is 3.12. The van der Waals surface area contributed by atoms with E-state index in [1.807, 2.05) is 6.07 Å². The van der Waals surface area contributed by atoms with Crippen LogP contribution in [-0.2, 0) is 11.2 Å². The van der Waals surface area contributed by atoms with Crippen LogP contribution in [0.25, 0.3) is 10.4 Å². The molecule has 2 aromatic carbocycles. The van der Waals surface area contributed by atoms with E-state index in [1.54, 1.807) is 49.4 Å². The van der Waals surface area contributed by atoms with Crippen molar-refractivity contribution in [3.05, 3.63) is 94.0 Å². The summed E-state index contributed by atoms with van der Waals surface area (Å²) in [5.41, 5.74) is 2.47. The fourth-order valence-electron chi connectivity index (χ4n) is 5.27. The summed E-state index contributed by atoms with van der Waals surface area (Å²) in [6.45, 7) is 4.66. The van der Waals surface area contributed by atoms with Crippen molar-refractivity contribution in [2.45, 2.75) is 19.8 Å². The Morgan fingerprint density at radius 1 is 0.976 bits per heavy atom. The number of ether oxygens (including phenoxy) is 1. The summed E-state index contributed by atoms with van der Waals surface area (Å²) in [7, 11) is 0. The highest BCUT2D eigenvalue weighted by atomic mass is 32.1. The molecular formula is C31H28F2N4O3S. The van der Waals surface area contributed by atoms with Crippen molar-refractivity contribution in [2.75, 3.05) is 48.0 Å².